The Kier molecular flexibility index (Phi) is 5.85. The van der Waals surface area contributed by atoms with Crippen LogP contribution in [0.15, 0.2) is 24.3 Å². The van der Waals surface area contributed by atoms with Gasteiger partial charge in [-0.1, -0.05) is 6.07 Å². The number of rotatable bonds is 6. The van der Waals surface area contributed by atoms with E-state index in [-0.39, 0.29) is 5.91 Å². The molecule has 0 aliphatic rings. The maximum absolute atomic E-state index is 11.7. The van der Waals surface area contributed by atoms with E-state index in [4.69, 9.17) is 10.00 Å². The van der Waals surface area contributed by atoms with Crippen molar-refractivity contribution in [3.05, 3.63) is 29.8 Å². The van der Waals surface area contributed by atoms with E-state index >= 15 is 0 Å². The van der Waals surface area contributed by atoms with Gasteiger partial charge in [0.15, 0.2) is 0 Å². The van der Waals surface area contributed by atoms with Crippen LogP contribution in [0.4, 0.5) is 5.69 Å². The van der Waals surface area contributed by atoms with Crippen LogP contribution >= 0.6 is 0 Å². The van der Waals surface area contributed by atoms with E-state index in [0.717, 1.165) is 0 Å². The van der Waals surface area contributed by atoms with E-state index in [9.17, 15) is 4.79 Å². The van der Waals surface area contributed by atoms with Crippen molar-refractivity contribution < 1.29 is 9.53 Å². The first-order valence-corrected chi connectivity index (χ1v) is 5.63. The molecule has 96 valence electrons. The normalized spacial score (nSPS) is 10.1. The molecule has 18 heavy (non-hydrogen) atoms. The molecule has 1 N–H and O–H groups in total. The van der Waals surface area contributed by atoms with Gasteiger partial charge in [0.05, 0.1) is 24.8 Å². The summed E-state index contributed by atoms with van der Waals surface area (Å²) in [5.41, 5.74) is 1.17. The number of nitrogens with zero attached hydrogens (tertiary/aromatic N) is 2. The summed E-state index contributed by atoms with van der Waals surface area (Å²) in [4.78, 5) is 13.6. The number of carbonyl (C=O) groups is 1. The second-order valence-corrected chi connectivity index (χ2v) is 3.97. The summed E-state index contributed by atoms with van der Waals surface area (Å²) in [6, 6.07) is 8.87. The van der Waals surface area contributed by atoms with E-state index in [1.165, 1.54) is 0 Å². The molecule has 0 saturated carbocycles. The van der Waals surface area contributed by atoms with E-state index < -0.39 is 0 Å². The molecule has 0 spiro atoms. The van der Waals surface area contributed by atoms with Crippen LogP contribution < -0.4 is 5.32 Å². The minimum absolute atomic E-state index is 0.108. The second-order valence-electron chi connectivity index (χ2n) is 3.97. The highest BCUT2D eigenvalue weighted by atomic mass is 16.5. The molecular weight excluding hydrogens is 230 g/mol. The van der Waals surface area contributed by atoms with Crippen molar-refractivity contribution in [2.45, 2.75) is 0 Å². The lowest BCUT2D eigenvalue weighted by molar-refractivity contribution is -0.117. The van der Waals surface area contributed by atoms with Gasteiger partial charge in [-0.05, 0) is 25.2 Å². The molecule has 0 fully saturated rings. The van der Waals surface area contributed by atoms with E-state index in [0.29, 0.717) is 30.9 Å². The fourth-order valence-electron chi connectivity index (χ4n) is 1.44. The third kappa shape index (κ3) is 4.95. The van der Waals surface area contributed by atoms with Gasteiger partial charge in [-0.15, -0.1) is 0 Å². The Bertz CT molecular complexity index is 440. The number of hydrogen-bond donors (Lipinski definition) is 1. The predicted molar refractivity (Wildman–Crippen MR) is 69.2 cm³/mol. The molecule has 1 amide bonds. The number of likely N-dealkylation sites (N-methyl/N-ethyl adjacent to an activating group) is 1. The Morgan fingerprint density at radius 2 is 2.33 bits per heavy atom. The van der Waals surface area contributed by atoms with Crippen LogP contribution in [0.2, 0.25) is 0 Å². The van der Waals surface area contributed by atoms with Gasteiger partial charge in [-0.2, -0.15) is 5.26 Å². The average Bonchev–Trinajstić information content (AvgIpc) is 2.36. The first kappa shape index (κ1) is 14.2. The van der Waals surface area contributed by atoms with Gasteiger partial charge in [-0.3, -0.25) is 9.69 Å². The monoisotopic (exact) mass is 247 g/mol. The zero-order valence-corrected chi connectivity index (χ0v) is 10.6. The predicted octanol–water partition coefficient (Wildman–Crippen LogP) is 1.07. The topological polar surface area (TPSA) is 65.4 Å². The maximum Gasteiger partial charge on any atom is 0.238 e. The molecule has 1 aromatic rings. The van der Waals surface area contributed by atoms with Crippen LogP contribution in [0.1, 0.15) is 5.56 Å². The summed E-state index contributed by atoms with van der Waals surface area (Å²) in [6.07, 6.45) is 0. The quantitative estimate of drug-likeness (QED) is 0.816. The molecule has 1 aromatic carbocycles. The number of hydrogen-bond acceptors (Lipinski definition) is 4. The molecule has 0 aliphatic heterocycles. The third-order valence-electron chi connectivity index (χ3n) is 2.37. The van der Waals surface area contributed by atoms with Crippen LogP contribution in [-0.4, -0.2) is 44.7 Å². The van der Waals surface area contributed by atoms with E-state index in [2.05, 4.69) is 5.32 Å². The Hall–Kier alpha value is -1.90. The fourth-order valence-corrected chi connectivity index (χ4v) is 1.44. The summed E-state index contributed by atoms with van der Waals surface area (Å²) < 4.78 is 4.93. The van der Waals surface area contributed by atoms with Gasteiger partial charge in [0.25, 0.3) is 0 Å². The minimum Gasteiger partial charge on any atom is -0.383 e. The maximum atomic E-state index is 11.7. The lowest BCUT2D eigenvalue weighted by Crippen LogP contribution is -2.32. The molecule has 0 saturated heterocycles. The van der Waals surface area contributed by atoms with Crippen molar-refractivity contribution in [3.8, 4) is 6.07 Å². The number of carbonyl (C=O) groups excluding carboxylic acids is 1. The average molecular weight is 247 g/mol. The molecule has 5 heteroatoms. The van der Waals surface area contributed by atoms with Crippen molar-refractivity contribution in [3.63, 3.8) is 0 Å². The van der Waals surface area contributed by atoms with Gasteiger partial charge in [-0.25, -0.2) is 0 Å². The van der Waals surface area contributed by atoms with Gasteiger partial charge in [0.2, 0.25) is 5.91 Å². The zero-order valence-electron chi connectivity index (χ0n) is 10.6. The van der Waals surface area contributed by atoms with Crippen LogP contribution in [-0.2, 0) is 9.53 Å². The van der Waals surface area contributed by atoms with Gasteiger partial charge < -0.3 is 10.1 Å². The lowest BCUT2D eigenvalue weighted by atomic mass is 10.2. The highest BCUT2D eigenvalue weighted by molar-refractivity contribution is 5.92. The Morgan fingerprint density at radius 1 is 1.56 bits per heavy atom. The summed E-state index contributed by atoms with van der Waals surface area (Å²) >= 11 is 0. The first-order valence-electron chi connectivity index (χ1n) is 5.63. The molecule has 0 heterocycles. The van der Waals surface area contributed by atoms with Crippen molar-refractivity contribution in [2.75, 3.05) is 39.2 Å². The molecule has 0 bridgehead atoms. The molecule has 0 atom stereocenters. The number of nitriles is 1. The summed E-state index contributed by atoms with van der Waals surface area (Å²) in [5.74, 6) is -0.108. The zero-order chi connectivity index (χ0) is 13.4. The number of amides is 1. The van der Waals surface area contributed by atoms with Crippen LogP contribution in [0.5, 0.6) is 0 Å². The number of methoxy groups -OCH3 is 1. The third-order valence-corrected chi connectivity index (χ3v) is 2.37. The molecule has 0 aromatic heterocycles. The molecule has 0 radical (unpaired) electrons. The summed E-state index contributed by atoms with van der Waals surface area (Å²) in [7, 11) is 3.48. The highest BCUT2D eigenvalue weighted by Crippen LogP contribution is 2.09. The van der Waals surface area contributed by atoms with Crippen molar-refractivity contribution >= 4 is 11.6 Å². The van der Waals surface area contributed by atoms with Crippen molar-refractivity contribution in [2.24, 2.45) is 0 Å². The number of nitrogens with one attached hydrogen (secondary N) is 1. The minimum atomic E-state index is -0.108. The largest absolute Gasteiger partial charge is 0.383 e. The molecule has 0 aliphatic carbocycles. The summed E-state index contributed by atoms with van der Waals surface area (Å²) in [5, 5.41) is 11.5. The van der Waals surface area contributed by atoms with Crippen LogP contribution in [0.25, 0.3) is 0 Å². The molecule has 1 rings (SSSR count). The Morgan fingerprint density at radius 3 is 3.00 bits per heavy atom. The van der Waals surface area contributed by atoms with E-state index in [1.54, 1.807) is 31.4 Å². The van der Waals surface area contributed by atoms with Crippen molar-refractivity contribution in [1.29, 1.82) is 5.26 Å². The fraction of sp³-hybridized carbons (Fsp3) is 0.385. The summed E-state index contributed by atoms with van der Waals surface area (Å²) in [6.45, 7) is 1.58. The number of anilines is 1. The highest BCUT2D eigenvalue weighted by Gasteiger charge is 2.06. The number of benzene rings is 1. The molecule has 5 nitrogen and oxygen atoms in total. The van der Waals surface area contributed by atoms with Gasteiger partial charge in [0, 0.05) is 19.3 Å². The van der Waals surface area contributed by atoms with Gasteiger partial charge in [0.1, 0.15) is 0 Å². The SMILES string of the molecule is COCCN(C)CC(=O)Nc1cccc(C#N)c1. The Labute approximate surface area is 107 Å². The molecular formula is C13H17N3O2. The van der Waals surface area contributed by atoms with Crippen molar-refractivity contribution in [1.82, 2.24) is 4.90 Å². The smallest absolute Gasteiger partial charge is 0.238 e. The van der Waals surface area contributed by atoms with E-state index in [1.807, 2.05) is 18.0 Å². The number of ether oxygens (including phenoxy) is 1. The van der Waals surface area contributed by atoms with Crippen LogP contribution in [0.3, 0.4) is 0 Å². The van der Waals surface area contributed by atoms with Crippen LogP contribution in [0, 0.1) is 11.3 Å². The Balaban J connectivity index is 2.46. The first-order chi connectivity index (χ1) is 8.65. The lowest BCUT2D eigenvalue weighted by Gasteiger charge is -2.15. The second kappa shape index (κ2) is 7.43. The molecule has 0 unspecified atom stereocenters. The van der Waals surface area contributed by atoms with Gasteiger partial charge >= 0.3 is 0 Å². The standard InChI is InChI=1S/C13H17N3O2/c1-16(6-7-18-2)10-13(17)15-12-5-3-4-11(8-12)9-14/h3-5,8H,6-7,10H2,1-2H3,(H,15,17).